The maximum atomic E-state index is 14.1. The van der Waals surface area contributed by atoms with Crippen LogP contribution in [-0.4, -0.2) is 25.0 Å². The van der Waals surface area contributed by atoms with Crippen LogP contribution in [0.2, 0.25) is 0 Å². The monoisotopic (exact) mass is 327 g/mol. The number of benzene rings is 1. The van der Waals surface area contributed by atoms with Crippen LogP contribution in [0.15, 0.2) is 34.7 Å². The second-order valence-corrected chi connectivity index (χ2v) is 5.92. The lowest BCUT2D eigenvalue weighted by atomic mass is 10.0. The number of piperidine rings is 1. The van der Waals surface area contributed by atoms with Gasteiger partial charge in [0.15, 0.2) is 5.76 Å². The Hall–Kier alpha value is -2.81. The number of nitrogens with zero attached hydrogens (tertiary/aromatic N) is 2. The van der Waals surface area contributed by atoms with Gasteiger partial charge in [-0.3, -0.25) is 4.79 Å². The maximum absolute atomic E-state index is 14.1. The molecule has 0 atom stereocenters. The van der Waals surface area contributed by atoms with E-state index in [-0.39, 0.29) is 17.8 Å². The van der Waals surface area contributed by atoms with Gasteiger partial charge < -0.3 is 14.6 Å². The molecule has 0 saturated carbocycles. The van der Waals surface area contributed by atoms with Gasteiger partial charge in [0.2, 0.25) is 0 Å². The van der Waals surface area contributed by atoms with Crippen molar-refractivity contribution in [1.29, 1.82) is 5.26 Å². The topological polar surface area (TPSA) is 69.3 Å². The number of aryl methyl sites for hydroxylation is 1. The van der Waals surface area contributed by atoms with Crippen LogP contribution in [0.3, 0.4) is 0 Å². The van der Waals surface area contributed by atoms with E-state index in [1.807, 2.05) is 11.0 Å². The summed E-state index contributed by atoms with van der Waals surface area (Å²) in [6.45, 7) is 3.08. The molecular formula is C18H18FN3O2. The molecule has 0 aliphatic carbocycles. The van der Waals surface area contributed by atoms with Gasteiger partial charge in [-0.05, 0) is 50.1 Å². The highest BCUT2D eigenvalue weighted by Crippen LogP contribution is 2.24. The first-order valence-electron chi connectivity index (χ1n) is 7.88. The molecule has 0 unspecified atom stereocenters. The van der Waals surface area contributed by atoms with Crippen LogP contribution in [-0.2, 0) is 0 Å². The Kier molecular flexibility index (Phi) is 4.52. The summed E-state index contributed by atoms with van der Waals surface area (Å²) < 4.78 is 19.4. The zero-order chi connectivity index (χ0) is 17.1. The summed E-state index contributed by atoms with van der Waals surface area (Å²) in [5, 5.41) is 11.8. The molecule has 1 fully saturated rings. The molecule has 5 nitrogen and oxygen atoms in total. The standard InChI is InChI=1S/C18H18FN3O2/c1-12-2-5-17(24-12)18(23)21-14-6-8-22(9-7-14)16-4-3-13(11-20)10-15(16)19/h2-5,10,14H,6-9H2,1H3,(H,21,23). The number of nitrogens with one attached hydrogen (secondary N) is 1. The fourth-order valence-electron chi connectivity index (χ4n) is 2.91. The molecule has 1 N–H and O–H groups in total. The van der Waals surface area contributed by atoms with Gasteiger partial charge in [0, 0.05) is 19.1 Å². The number of carbonyl (C=O) groups is 1. The van der Waals surface area contributed by atoms with Gasteiger partial charge in [0.05, 0.1) is 17.3 Å². The molecule has 0 bridgehead atoms. The van der Waals surface area contributed by atoms with Crippen molar-refractivity contribution in [2.24, 2.45) is 0 Å². The van der Waals surface area contributed by atoms with E-state index in [0.717, 1.165) is 12.8 Å². The highest BCUT2D eigenvalue weighted by molar-refractivity contribution is 5.91. The summed E-state index contributed by atoms with van der Waals surface area (Å²) in [5.41, 5.74) is 0.813. The third-order valence-corrected chi connectivity index (χ3v) is 4.21. The third kappa shape index (κ3) is 3.40. The molecule has 1 aliphatic rings. The van der Waals surface area contributed by atoms with Crippen molar-refractivity contribution in [3.8, 4) is 6.07 Å². The second kappa shape index (κ2) is 6.75. The van der Waals surface area contributed by atoms with Crippen LogP contribution in [0, 0.1) is 24.1 Å². The molecule has 1 saturated heterocycles. The predicted molar refractivity (Wildman–Crippen MR) is 87.3 cm³/mol. The zero-order valence-electron chi connectivity index (χ0n) is 13.4. The fraction of sp³-hybridized carbons (Fsp3) is 0.333. The van der Waals surface area contributed by atoms with Crippen molar-refractivity contribution in [2.75, 3.05) is 18.0 Å². The van der Waals surface area contributed by atoms with Crippen molar-refractivity contribution in [3.05, 3.63) is 53.2 Å². The number of anilines is 1. The Bertz CT molecular complexity index is 786. The van der Waals surface area contributed by atoms with Gasteiger partial charge in [-0.1, -0.05) is 0 Å². The van der Waals surface area contributed by atoms with Crippen LogP contribution in [0.1, 0.15) is 34.7 Å². The Morgan fingerprint density at radius 1 is 1.33 bits per heavy atom. The molecule has 0 spiro atoms. The third-order valence-electron chi connectivity index (χ3n) is 4.21. The summed E-state index contributed by atoms with van der Waals surface area (Å²) in [4.78, 5) is 14.0. The molecule has 1 aromatic heterocycles. The molecule has 6 heteroatoms. The summed E-state index contributed by atoms with van der Waals surface area (Å²) in [5.74, 6) is 0.410. The van der Waals surface area contributed by atoms with Crippen LogP contribution < -0.4 is 10.2 Å². The lowest BCUT2D eigenvalue weighted by Crippen LogP contribution is -2.44. The number of rotatable bonds is 3. The van der Waals surface area contributed by atoms with E-state index >= 15 is 0 Å². The lowest BCUT2D eigenvalue weighted by molar-refractivity contribution is 0.0901. The molecule has 2 heterocycles. The molecular weight excluding hydrogens is 309 g/mol. The number of nitriles is 1. The molecule has 1 aliphatic heterocycles. The number of hydrogen-bond acceptors (Lipinski definition) is 4. The number of furan rings is 1. The van der Waals surface area contributed by atoms with Crippen molar-refractivity contribution in [3.63, 3.8) is 0 Å². The SMILES string of the molecule is Cc1ccc(C(=O)NC2CCN(c3ccc(C#N)cc3F)CC2)o1. The van der Waals surface area contributed by atoms with Crippen molar-refractivity contribution >= 4 is 11.6 Å². The number of carbonyl (C=O) groups excluding carboxylic acids is 1. The van der Waals surface area contributed by atoms with E-state index in [4.69, 9.17) is 9.68 Å². The lowest BCUT2D eigenvalue weighted by Gasteiger charge is -2.34. The van der Waals surface area contributed by atoms with Crippen molar-refractivity contribution in [2.45, 2.75) is 25.8 Å². The summed E-state index contributed by atoms with van der Waals surface area (Å²) in [6, 6.07) is 9.89. The molecule has 0 radical (unpaired) electrons. The minimum atomic E-state index is -0.386. The maximum Gasteiger partial charge on any atom is 0.287 e. The van der Waals surface area contributed by atoms with Crippen molar-refractivity contribution in [1.82, 2.24) is 5.32 Å². The first kappa shape index (κ1) is 16.1. The van der Waals surface area contributed by atoms with Crippen LogP contribution in [0.5, 0.6) is 0 Å². The highest BCUT2D eigenvalue weighted by Gasteiger charge is 2.23. The van der Waals surface area contributed by atoms with Gasteiger partial charge in [-0.2, -0.15) is 5.26 Å². The van der Waals surface area contributed by atoms with E-state index in [1.165, 1.54) is 6.07 Å². The largest absolute Gasteiger partial charge is 0.456 e. The highest BCUT2D eigenvalue weighted by atomic mass is 19.1. The smallest absolute Gasteiger partial charge is 0.287 e. The molecule has 2 aromatic rings. The van der Waals surface area contributed by atoms with Gasteiger partial charge >= 0.3 is 0 Å². The van der Waals surface area contributed by atoms with E-state index in [2.05, 4.69) is 5.32 Å². The fourth-order valence-corrected chi connectivity index (χ4v) is 2.91. The average molecular weight is 327 g/mol. The molecule has 1 amide bonds. The van der Waals surface area contributed by atoms with E-state index in [0.29, 0.717) is 35.9 Å². The Labute approximate surface area is 139 Å². The molecule has 1 aromatic carbocycles. The normalized spacial score (nSPS) is 15.1. The summed E-state index contributed by atoms with van der Waals surface area (Å²) in [6.07, 6.45) is 1.45. The summed E-state index contributed by atoms with van der Waals surface area (Å²) >= 11 is 0. The summed E-state index contributed by atoms with van der Waals surface area (Å²) in [7, 11) is 0. The average Bonchev–Trinajstić information content (AvgIpc) is 3.02. The van der Waals surface area contributed by atoms with E-state index < -0.39 is 0 Å². The van der Waals surface area contributed by atoms with Gasteiger partial charge in [-0.15, -0.1) is 0 Å². The van der Waals surface area contributed by atoms with Crippen molar-refractivity contribution < 1.29 is 13.6 Å². The van der Waals surface area contributed by atoms with Crippen LogP contribution in [0.25, 0.3) is 0 Å². The molecule has 24 heavy (non-hydrogen) atoms. The number of amides is 1. The van der Waals surface area contributed by atoms with E-state index in [9.17, 15) is 9.18 Å². The Balaban J connectivity index is 1.58. The first-order valence-corrected chi connectivity index (χ1v) is 7.88. The second-order valence-electron chi connectivity index (χ2n) is 5.92. The molecule has 3 rings (SSSR count). The Morgan fingerprint density at radius 3 is 2.67 bits per heavy atom. The first-order chi connectivity index (χ1) is 11.6. The minimum Gasteiger partial charge on any atom is -0.456 e. The minimum absolute atomic E-state index is 0.0422. The van der Waals surface area contributed by atoms with Gasteiger partial charge in [-0.25, -0.2) is 4.39 Å². The van der Waals surface area contributed by atoms with Crippen LogP contribution in [0.4, 0.5) is 10.1 Å². The van der Waals surface area contributed by atoms with Gasteiger partial charge in [0.1, 0.15) is 11.6 Å². The number of halogens is 1. The van der Waals surface area contributed by atoms with Crippen LogP contribution >= 0.6 is 0 Å². The van der Waals surface area contributed by atoms with E-state index in [1.54, 1.807) is 31.2 Å². The predicted octanol–water partition coefficient (Wildman–Crippen LogP) is 3.00. The quantitative estimate of drug-likeness (QED) is 0.941. The van der Waals surface area contributed by atoms with Gasteiger partial charge in [0.25, 0.3) is 5.91 Å². The number of hydrogen-bond donors (Lipinski definition) is 1. The zero-order valence-corrected chi connectivity index (χ0v) is 13.4. The molecule has 124 valence electrons. The Morgan fingerprint density at radius 2 is 2.08 bits per heavy atom.